The van der Waals surface area contributed by atoms with Crippen LogP contribution in [0.5, 0.6) is 11.5 Å². The molecule has 0 fully saturated rings. The van der Waals surface area contributed by atoms with Gasteiger partial charge < -0.3 is 14.8 Å². The Morgan fingerprint density at radius 2 is 1.92 bits per heavy atom. The van der Waals surface area contributed by atoms with Gasteiger partial charge >= 0.3 is 0 Å². The van der Waals surface area contributed by atoms with E-state index < -0.39 is 0 Å². The van der Waals surface area contributed by atoms with Crippen LogP contribution >= 0.6 is 27.7 Å². The highest BCUT2D eigenvalue weighted by molar-refractivity contribution is 9.10. The van der Waals surface area contributed by atoms with Crippen molar-refractivity contribution in [3.8, 4) is 11.5 Å². The van der Waals surface area contributed by atoms with Crippen LogP contribution in [0.2, 0.25) is 0 Å². The van der Waals surface area contributed by atoms with Crippen LogP contribution < -0.4 is 14.8 Å². The fraction of sp³-hybridized carbons (Fsp3) is 0.278. The van der Waals surface area contributed by atoms with Gasteiger partial charge in [-0.15, -0.1) is 11.8 Å². The van der Waals surface area contributed by atoms with Crippen LogP contribution in [0.4, 0.5) is 4.39 Å². The molecule has 7 heteroatoms. The molecule has 0 aliphatic carbocycles. The first-order chi connectivity index (χ1) is 12.0. The molecule has 2 aromatic rings. The van der Waals surface area contributed by atoms with E-state index in [-0.39, 0.29) is 17.8 Å². The molecule has 132 valence electrons. The summed E-state index contributed by atoms with van der Waals surface area (Å²) >= 11 is 5.06. The molecule has 0 saturated heterocycles. The Balaban J connectivity index is 1.88. The maximum Gasteiger partial charge on any atom is 0.252 e. The van der Waals surface area contributed by atoms with Gasteiger partial charge in [0.05, 0.1) is 20.3 Å². The summed E-state index contributed by atoms with van der Waals surface area (Å²) in [6.07, 6.45) is 0.748. The quantitative estimate of drug-likeness (QED) is 0.778. The summed E-state index contributed by atoms with van der Waals surface area (Å²) in [6.45, 7) is 0. The summed E-state index contributed by atoms with van der Waals surface area (Å²) in [5.74, 6) is 1.34. The van der Waals surface area contributed by atoms with Crippen LogP contribution in [0.15, 0.2) is 39.7 Å². The number of rotatable bonds is 4. The second kappa shape index (κ2) is 7.66. The van der Waals surface area contributed by atoms with Gasteiger partial charge in [0.1, 0.15) is 21.8 Å². The second-order valence-corrected chi connectivity index (χ2v) is 7.47. The molecule has 1 N–H and O–H groups in total. The number of nitrogens with one attached hydrogen (secondary N) is 1. The molecule has 4 nitrogen and oxygen atoms in total. The maximum absolute atomic E-state index is 13.6. The van der Waals surface area contributed by atoms with Gasteiger partial charge in [0.2, 0.25) is 0 Å². The van der Waals surface area contributed by atoms with Crippen LogP contribution in [-0.4, -0.2) is 25.9 Å². The van der Waals surface area contributed by atoms with Crippen molar-refractivity contribution in [2.75, 3.05) is 20.0 Å². The maximum atomic E-state index is 13.6. The summed E-state index contributed by atoms with van der Waals surface area (Å²) in [6, 6.07) is 7.77. The van der Waals surface area contributed by atoms with Gasteiger partial charge in [0.15, 0.2) is 0 Å². The van der Waals surface area contributed by atoms with Crippen LogP contribution in [0.1, 0.15) is 28.4 Å². The molecule has 0 spiro atoms. The van der Waals surface area contributed by atoms with Crippen molar-refractivity contribution >= 4 is 33.6 Å². The third-order valence-corrected chi connectivity index (χ3v) is 5.93. The van der Waals surface area contributed by atoms with Crippen molar-refractivity contribution in [2.45, 2.75) is 17.4 Å². The minimum atomic E-state index is -0.299. The predicted molar refractivity (Wildman–Crippen MR) is 99.2 cm³/mol. The summed E-state index contributed by atoms with van der Waals surface area (Å²) in [5.41, 5.74) is 1.24. The number of ether oxygens (including phenoxy) is 2. The van der Waals surface area contributed by atoms with Crippen LogP contribution in [0, 0.1) is 5.82 Å². The van der Waals surface area contributed by atoms with Crippen LogP contribution in [0.3, 0.4) is 0 Å². The topological polar surface area (TPSA) is 47.6 Å². The molecule has 1 aliphatic rings. The highest BCUT2D eigenvalue weighted by atomic mass is 79.9. The van der Waals surface area contributed by atoms with E-state index in [0.29, 0.717) is 21.5 Å². The van der Waals surface area contributed by atoms with Gasteiger partial charge in [0, 0.05) is 16.2 Å². The van der Waals surface area contributed by atoms with E-state index in [2.05, 4.69) is 21.2 Å². The Kier molecular flexibility index (Phi) is 5.54. The molecular formula is C18H17BrFNO3S. The van der Waals surface area contributed by atoms with Crippen LogP contribution in [-0.2, 0) is 0 Å². The van der Waals surface area contributed by atoms with Crippen molar-refractivity contribution in [3.05, 3.63) is 51.7 Å². The number of carbonyl (C=O) groups excluding carboxylic acids is 1. The predicted octanol–water partition coefficient (Wildman–Crippen LogP) is 4.57. The largest absolute Gasteiger partial charge is 0.495 e. The van der Waals surface area contributed by atoms with Crippen molar-refractivity contribution in [1.29, 1.82) is 0 Å². The Labute approximate surface area is 158 Å². The first kappa shape index (κ1) is 18.1. The molecule has 1 unspecified atom stereocenters. The number of thioether (sulfide) groups is 1. The Morgan fingerprint density at radius 3 is 2.56 bits per heavy atom. The number of methoxy groups -OCH3 is 2. The number of hydrogen-bond donors (Lipinski definition) is 1. The highest BCUT2D eigenvalue weighted by Crippen LogP contribution is 2.38. The molecule has 1 amide bonds. The summed E-state index contributed by atoms with van der Waals surface area (Å²) in [5, 5.41) is 3.00. The lowest BCUT2D eigenvalue weighted by Gasteiger charge is -2.26. The molecule has 1 atom stereocenters. The molecule has 0 radical (unpaired) electrons. The third-order valence-electron chi connectivity index (χ3n) is 4.02. The van der Waals surface area contributed by atoms with Crippen molar-refractivity contribution in [2.24, 2.45) is 0 Å². The first-order valence-corrected chi connectivity index (χ1v) is 9.46. The Hall–Kier alpha value is -1.73. The zero-order valence-corrected chi connectivity index (χ0v) is 16.2. The minimum Gasteiger partial charge on any atom is -0.495 e. The van der Waals surface area contributed by atoms with E-state index in [1.165, 1.54) is 26.4 Å². The molecule has 25 heavy (non-hydrogen) atoms. The summed E-state index contributed by atoms with van der Waals surface area (Å²) in [4.78, 5) is 13.7. The molecule has 1 aliphatic heterocycles. The number of hydrogen-bond acceptors (Lipinski definition) is 4. The van der Waals surface area contributed by atoms with E-state index in [1.54, 1.807) is 30.0 Å². The number of carbonyl (C=O) groups is 1. The van der Waals surface area contributed by atoms with E-state index in [4.69, 9.17) is 9.47 Å². The molecule has 0 bridgehead atoms. The monoisotopic (exact) mass is 425 g/mol. The van der Waals surface area contributed by atoms with Crippen molar-refractivity contribution < 1.29 is 18.7 Å². The average Bonchev–Trinajstić information content (AvgIpc) is 2.62. The Bertz CT molecular complexity index is 790. The Morgan fingerprint density at radius 1 is 1.24 bits per heavy atom. The standard InChI is InChI=1S/C18H17BrFNO3S/c1-23-14-7-10(8-15(24-2)17(14)19)18(22)21-13-5-6-25-16-4-3-11(20)9-12(13)16/h3-4,7-9,13H,5-6H2,1-2H3,(H,21,22). The third kappa shape index (κ3) is 3.77. The van der Waals surface area contributed by atoms with Gasteiger partial charge in [-0.2, -0.15) is 0 Å². The van der Waals surface area contributed by atoms with Gasteiger partial charge in [-0.05, 0) is 58.2 Å². The lowest BCUT2D eigenvalue weighted by Crippen LogP contribution is -2.30. The zero-order chi connectivity index (χ0) is 18.0. The SMILES string of the molecule is COc1cc(C(=O)NC2CCSc3ccc(F)cc32)cc(OC)c1Br. The lowest BCUT2D eigenvalue weighted by molar-refractivity contribution is 0.0934. The average molecular weight is 426 g/mol. The molecular weight excluding hydrogens is 409 g/mol. The van der Waals surface area contributed by atoms with Gasteiger partial charge in [0.25, 0.3) is 5.91 Å². The van der Waals surface area contributed by atoms with Gasteiger partial charge in [-0.3, -0.25) is 4.79 Å². The molecule has 2 aromatic carbocycles. The van der Waals surface area contributed by atoms with Crippen LogP contribution in [0.25, 0.3) is 0 Å². The van der Waals surface area contributed by atoms with Crippen molar-refractivity contribution in [1.82, 2.24) is 5.32 Å². The molecule has 0 saturated carbocycles. The second-order valence-electron chi connectivity index (χ2n) is 5.54. The van der Waals surface area contributed by atoms with E-state index >= 15 is 0 Å². The van der Waals surface area contributed by atoms with E-state index in [9.17, 15) is 9.18 Å². The summed E-state index contributed by atoms with van der Waals surface area (Å²) in [7, 11) is 3.05. The van der Waals surface area contributed by atoms with Gasteiger partial charge in [-0.25, -0.2) is 4.39 Å². The molecule has 0 aromatic heterocycles. The lowest BCUT2D eigenvalue weighted by atomic mass is 10.0. The van der Waals surface area contributed by atoms with Gasteiger partial charge in [-0.1, -0.05) is 0 Å². The van der Waals surface area contributed by atoms with E-state index in [0.717, 1.165) is 22.6 Å². The normalized spacial score (nSPS) is 16.1. The molecule has 1 heterocycles. The van der Waals surface area contributed by atoms with Crippen molar-refractivity contribution in [3.63, 3.8) is 0 Å². The first-order valence-electron chi connectivity index (χ1n) is 7.68. The fourth-order valence-corrected chi connectivity index (χ4v) is 4.42. The number of halogens is 2. The fourth-order valence-electron chi connectivity index (χ4n) is 2.76. The minimum absolute atomic E-state index is 0.222. The molecule has 3 rings (SSSR count). The zero-order valence-electron chi connectivity index (χ0n) is 13.8. The number of fused-ring (bicyclic) bond motifs is 1. The number of benzene rings is 2. The smallest absolute Gasteiger partial charge is 0.252 e. The number of amides is 1. The van der Waals surface area contributed by atoms with E-state index in [1.807, 2.05) is 0 Å². The highest BCUT2D eigenvalue weighted by Gasteiger charge is 2.24. The summed E-state index contributed by atoms with van der Waals surface area (Å²) < 4.78 is 24.8.